The summed E-state index contributed by atoms with van der Waals surface area (Å²) in [5.41, 5.74) is -3.23. The van der Waals surface area contributed by atoms with Crippen molar-refractivity contribution >= 4 is 11.6 Å². The average molecular weight is 539 g/mol. The number of amides is 1. The molecular weight excluding hydrogens is 523 g/mol. The van der Waals surface area contributed by atoms with Gasteiger partial charge in [-0.15, -0.1) is 10.2 Å². The molecule has 2 N–H and O–H groups in total. The Hall–Kier alpha value is -4.30. The molecule has 8 nitrogen and oxygen atoms in total. The molecular formula is C23H16F7N7O. The number of aromatic nitrogens is 6. The van der Waals surface area contributed by atoms with Crippen LogP contribution in [0, 0.1) is 12.7 Å². The maximum atomic E-state index is 14.6. The molecule has 0 atom stereocenters. The van der Waals surface area contributed by atoms with Crippen LogP contribution in [0.1, 0.15) is 35.5 Å². The monoisotopic (exact) mass is 539 g/mol. The summed E-state index contributed by atoms with van der Waals surface area (Å²) < 4.78 is 94.2. The fourth-order valence-electron chi connectivity index (χ4n) is 4.21. The van der Waals surface area contributed by atoms with E-state index in [1.165, 1.54) is 29.7 Å². The molecule has 0 aliphatic heterocycles. The first-order valence-electron chi connectivity index (χ1n) is 11.0. The summed E-state index contributed by atoms with van der Waals surface area (Å²) in [5.74, 6) is -1.77. The van der Waals surface area contributed by atoms with Crippen molar-refractivity contribution in [1.29, 1.82) is 0 Å². The van der Waals surface area contributed by atoms with Crippen LogP contribution in [0.25, 0.3) is 17.1 Å². The van der Waals surface area contributed by atoms with Gasteiger partial charge in [0, 0.05) is 23.0 Å². The Kier molecular flexibility index (Phi) is 5.76. The van der Waals surface area contributed by atoms with E-state index in [0.29, 0.717) is 6.07 Å². The van der Waals surface area contributed by atoms with E-state index in [-0.39, 0.29) is 47.0 Å². The lowest BCUT2D eigenvalue weighted by atomic mass is 9.93. The second-order valence-corrected chi connectivity index (χ2v) is 8.74. The Labute approximate surface area is 208 Å². The lowest BCUT2D eigenvalue weighted by molar-refractivity contribution is -0.141. The minimum Gasteiger partial charge on any atom is -0.325 e. The van der Waals surface area contributed by atoms with Gasteiger partial charge in [-0.1, -0.05) is 6.07 Å². The highest BCUT2D eigenvalue weighted by Gasteiger charge is 2.53. The number of aromatic amines is 1. The summed E-state index contributed by atoms with van der Waals surface area (Å²) in [7, 11) is 0. The number of nitrogens with zero attached hydrogens (tertiary/aromatic N) is 5. The number of hydrogen-bond acceptors (Lipinski definition) is 5. The van der Waals surface area contributed by atoms with Gasteiger partial charge in [-0.25, -0.2) is 9.37 Å². The molecule has 2 aromatic heterocycles. The summed E-state index contributed by atoms with van der Waals surface area (Å²) in [6.07, 6.45) is -8.18. The van der Waals surface area contributed by atoms with Gasteiger partial charge in [-0.05, 0) is 55.3 Å². The van der Waals surface area contributed by atoms with Crippen LogP contribution in [0.4, 0.5) is 36.4 Å². The number of imidazole rings is 1. The molecule has 198 valence electrons. The van der Waals surface area contributed by atoms with E-state index in [2.05, 4.69) is 30.9 Å². The highest BCUT2D eigenvalue weighted by Crippen LogP contribution is 2.50. The topological polar surface area (TPSA) is 101 Å². The van der Waals surface area contributed by atoms with Crippen LogP contribution in [0.3, 0.4) is 0 Å². The Morgan fingerprint density at radius 2 is 1.79 bits per heavy atom. The molecule has 0 radical (unpaired) electrons. The first-order valence-corrected chi connectivity index (χ1v) is 11.0. The maximum absolute atomic E-state index is 14.6. The van der Waals surface area contributed by atoms with Gasteiger partial charge in [0.15, 0.2) is 5.69 Å². The SMILES string of the molecule is Cc1nc(C(F)(F)F)cn1-c1ccc(NC(=O)C2(c3ccc(C(F)(F)F)cc3F)CC2)cc1-c1nn[nH]n1. The van der Waals surface area contributed by atoms with Crippen molar-refractivity contribution in [2.24, 2.45) is 0 Å². The number of anilines is 1. The Bertz CT molecular complexity index is 1520. The largest absolute Gasteiger partial charge is 0.434 e. The predicted octanol–water partition coefficient (Wildman–Crippen LogP) is 5.21. The first kappa shape index (κ1) is 25.4. The zero-order chi connectivity index (χ0) is 27.5. The van der Waals surface area contributed by atoms with Crippen molar-refractivity contribution in [1.82, 2.24) is 30.2 Å². The van der Waals surface area contributed by atoms with Crippen molar-refractivity contribution in [3.8, 4) is 17.1 Å². The molecule has 0 saturated heterocycles. The molecule has 15 heteroatoms. The third-order valence-corrected chi connectivity index (χ3v) is 6.27. The molecule has 0 unspecified atom stereocenters. The number of benzene rings is 2. The lowest BCUT2D eigenvalue weighted by Gasteiger charge is -2.19. The van der Waals surface area contributed by atoms with Gasteiger partial charge in [-0.3, -0.25) is 4.79 Å². The third kappa shape index (κ3) is 4.48. The Morgan fingerprint density at radius 1 is 1.05 bits per heavy atom. The third-order valence-electron chi connectivity index (χ3n) is 6.27. The van der Waals surface area contributed by atoms with E-state index in [1.807, 2.05) is 0 Å². The van der Waals surface area contributed by atoms with E-state index in [1.54, 1.807) is 0 Å². The van der Waals surface area contributed by atoms with Crippen LogP contribution in [-0.2, 0) is 22.6 Å². The number of rotatable bonds is 5. The van der Waals surface area contributed by atoms with Crippen molar-refractivity contribution in [2.45, 2.75) is 37.5 Å². The normalized spacial score (nSPS) is 14.9. The molecule has 1 aliphatic carbocycles. The molecule has 1 fully saturated rings. The highest BCUT2D eigenvalue weighted by molar-refractivity contribution is 6.02. The summed E-state index contributed by atoms with van der Waals surface area (Å²) in [5, 5.41) is 16.1. The van der Waals surface area contributed by atoms with E-state index in [9.17, 15) is 35.5 Å². The first-order chi connectivity index (χ1) is 17.8. The average Bonchev–Trinajstić information content (AvgIpc) is 3.26. The van der Waals surface area contributed by atoms with E-state index in [0.717, 1.165) is 18.3 Å². The van der Waals surface area contributed by atoms with E-state index < -0.39 is 40.7 Å². The number of halogens is 7. The minimum atomic E-state index is -4.74. The highest BCUT2D eigenvalue weighted by atomic mass is 19.4. The van der Waals surface area contributed by atoms with Gasteiger partial charge < -0.3 is 9.88 Å². The van der Waals surface area contributed by atoms with Gasteiger partial charge >= 0.3 is 12.4 Å². The predicted molar refractivity (Wildman–Crippen MR) is 117 cm³/mol. The van der Waals surface area contributed by atoms with Gasteiger partial charge in [0.1, 0.15) is 11.6 Å². The number of carbonyl (C=O) groups excluding carboxylic acids is 1. The zero-order valence-electron chi connectivity index (χ0n) is 19.2. The van der Waals surface area contributed by atoms with Crippen LogP contribution in [0.15, 0.2) is 42.6 Å². The van der Waals surface area contributed by atoms with Crippen LogP contribution < -0.4 is 5.32 Å². The number of nitrogens with one attached hydrogen (secondary N) is 2. The van der Waals surface area contributed by atoms with Crippen molar-refractivity contribution in [3.63, 3.8) is 0 Å². The fraction of sp³-hybridized carbons (Fsp3) is 0.261. The standard InChI is InChI=1S/C23H16F7N7O/c1-11-31-18(23(28,29)30)10-37(11)17-5-3-13(9-14(17)19-33-35-36-34-19)32-20(38)21(6-7-21)15-4-2-12(8-16(15)24)22(25,26)27/h2-5,8-10H,6-7H2,1H3,(H,32,38)(H,33,34,35,36). The summed E-state index contributed by atoms with van der Waals surface area (Å²) in [4.78, 5) is 16.7. The number of hydrogen-bond donors (Lipinski definition) is 2. The molecule has 1 saturated carbocycles. The lowest BCUT2D eigenvalue weighted by Crippen LogP contribution is -2.29. The zero-order valence-corrected chi connectivity index (χ0v) is 19.2. The Balaban J connectivity index is 1.48. The number of aryl methyl sites for hydroxylation is 1. The molecule has 4 aromatic rings. The van der Waals surface area contributed by atoms with Crippen LogP contribution >= 0.6 is 0 Å². The summed E-state index contributed by atoms with van der Waals surface area (Å²) >= 11 is 0. The second kappa shape index (κ2) is 8.63. The molecule has 38 heavy (non-hydrogen) atoms. The molecule has 0 bridgehead atoms. The quantitative estimate of drug-likeness (QED) is 0.339. The smallest absolute Gasteiger partial charge is 0.325 e. The van der Waals surface area contributed by atoms with Crippen molar-refractivity contribution < 1.29 is 35.5 Å². The second-order valence-electron chi connectivity index (χ2n) is 8.74. The van der Waals surface area contributed by atoms with Crippen LogP contribution in [0.5, 0.6) is 0 Å². The van der Waals surface area contributed by atoms with Gasteiger partial charge in [0.05, 0.1) is 16.7 Å². The number of carbonyl (C=O) groups is 1. The molecule has 0 spiro atoms. The van der Waals surface area contributed by atoms with E-state index >= 15 is 0 Å². The van der Waals surface area contributed by atoms with E-state index in [4.69, 9.17) is 0 Å². The number of H-pyrrole nitrogens is 1. The molecule has 5 rings (SSSR count). The summed E-state index contributed by atoms with van der Waals surface area (Å²) in [6.45, 7) is 1.38. The van der Waals surface area contributed by atoms with Crippen molar-refractivity contribution in [3.05, 3.63) is 71.1 Å². The van der Waals surface area contributed by atoms with Crippen molar-refractivity contribution in [2.75, 3.05) is 5.32 Å². The van der Waals surface area contributed by atoms with Gasteiger partial charge in [0.25, 0.3) is 0 Å². The minimum absolute atomic E-state index is 0.00711. The molecule has 1 amide bonds. The molecule has 2 aromatic carbocycles. The van der Waals surface area contributed by atoms with Crippen LogP contribution in [0.2, 0.25) is 0 Å². The summed E-state index contributed by atoms with van der Waals surface area (Å²) in [6, 6.07) is 6.24. The van der Waals surface area contributed by atoms with Gasteiger partial charge in [-0.2, -0.15) is 31.6 Å². The maximum Gasteiger partial charge on any atom is 0.434 e. The fourth-order valence-corrected chi connectivity index (χ4v) is 4.21. The molecule has 1 aliphatic rings. The number of tetrazole rings is 1. The number of alkyl halides is 6. The van der Waals surface area contributed by atoms with Gasteiger partial charge in [0.2, 0.25) is 11.7 Å². The van der Waals surface area contributed by atoms with Crippen LogP contribution in [-0.4, -0.2) is 36.1 Å². The molecule has 2 heterocycles. The Morgan fingerprint density at radius 3 is 2.34 bits per heavy atom.